The lowest BCUT2D eigenvalue weighted by Crippen LogP contribution is -2.65. The van der Waals surface area contributed by atoms with Gasteiger partial charge in [-0.1, -0.05) is 12.1 Å². The zero-order valence-corrected chi connectivity index (χ0v) is 11.4. The Morgan fingerprint density at radius 3 is 1.68 bits per heavy atom. The number of halogens is 9. The first-order valence-electron chi connectivity index (χ1n) is 5.84. The fraction of sp³-hybridized carbons (Fsp3) is 0.364. The summed E-state index contributed by atoms with van der Waals surface area (Å²) in [5.41, 5.74) is -9.04. The van der Waals surface area contributed by atoms with Crippen LogP contribution in [0.2, 0.25) is 0 Å². The highest BCUT2D eigenvalue weighted by molar-refractivity contribution is 5.99. The van der Waals surface area contributed by atoms with E-state index in [-0.39, 0.29) is 0 Å². The van der Waals surface area contributed by atoms with E-state index in [2.05, 4.69) is 0 Å². The SMILES string of the molecule is O=C(Nc1ccccc1N([O-])O)C(C(F)(F)F)(C(F)(F)F)C(F)(F)F. The van der Waals surface area contributed by atoms with Crippen molar-refractivity contribution < 1.29 is 49.5 Å². The molecule has 0 saturated carbocycles. The van der Waals surface area contributed by atoms with Crippen molar-refractivity contribution in [3.63, 3.8) is 0 Å². The first kappa shape index (κ1) is 20.8. The molecule has 14 heteroatoms. The maximum absolute atomic E-state index is 12.8. The molecule has 142 valence electrons. The van der Waals surface area contributed by atoms with Gasteiger partial charge in [-0.2, -0.15) is 39.5 Å². The van der Waals surface area contributed by atoms with Gasteiger partial charge in [0.15, 0.2) is 0 Å². The molecule has 0 radical (unpaired) electrons. The van der Waals surface area contributed by atoms with Gasteiger partial charge in [0.05, 0.1) is 11.4 Å². The van der Waals surface area contributed by atoms with E-state index in [1.54, 1.807) is 0 Å². The summed E-state index contributed by atoms with van der Waals surface area (Å²) in [4.78, 5) is 11.5. The number of para-hydroxylation sites is 2. The highest BCUT2D eigenvalue weighted by Crippen LogP contribution is 2.59. The summed E-state index contributed by atoms with van der Waals surface area (Å²) >= 11 is 0. The van der Waals surface area contributed by atoms with Crippen molar-refractivity contribution in [2.75, 3.05) is 10.5 Å². The Kier molecular flexibility index (Phi) is 5.21. The minimum atomic E-state index is -7.10. The molecule has 1 rings (SSSR count). The van der Waals surface area contributed by atoms with Crippen LogP contribution in [-0.4, -0.2) is 29.6 Å². The van der Waals surface area contributed by atoms with Crippen LogP contribution in [0.4, 0.5) is 50.9 Å². The number of nitrogens with zero attached hydrogens (tertiary/aromatic N) is 1. The fourth-order valence-corrected chi connectivity index (χ4v) is 1.83. The van der Waals surface area contributed by atoms with Crippen LogP contribution in [0.25, 0.3) is 0 Å². The summed E-state index contributed by atoms with van der Waals surface area (Å²) in [6, 6.07) is 2.98. The molecule has 0 aliphatic carbocycles. The zero-order valence-electron chi connectivity index (χ0n) is 11.4. The smallest absolute Gasteiger partial charge is 0.421 e. The molecule has 2 N–H and O–H groups in total. The molecule has 0 saturated heterocycles. The van der Waals surface area contributed by atoms with E-state index >= 15 is 0 Å². The van der Waals surface area contributed by atoms with Crippen molar-refractivity contribution >= 4 is 17.3 Å². The summed E-state index contributed by atoms with van der Waals surface area (Å²) in [7, 11) is 0. The van der Waals surface area contributed by atoms with Crippen molar-refractivity contribution in [2.24, 2.45) is 5.41 Å². The molecule has 1 amide bonds. The fourth-order valence-electron chi connectivity index (χ4n) is 1.83. The van der Waals surface area contributed by atoms with Crippen LogP contribution in [0.5, 0.6) is 0 Å². The molecule has 0 fully saturated rings. The third kappa shape index (κ3) is 3.44. The van der Waals surface area contributed by atoms with Crippen LogP contribution < -0.4 is 10.5 Å². The average molecular weight is 385 g/mol. The molecule has 0 atom stereocenters. The van der Waals surface area contributed by atoms with Gasteiger partial charge in [0.25, 0.3) is 5.91 Å². The topological polar surface area (TPSA) is 75.6 Å². The molecular weight excluding hydrogens is 379 g/mol. The number of amides is 1. The normalized spacial score (nSPS) is 13.6. The van der Waals surface area contributed by atoms with E-state index in [0.717, 1.165) is 17.4 Å². The van der Waals surface area contributed by atoms with Gasteiger partial charge < -0.3 is 15.8 Å². The summed E-state index contributed by atoms with van der Waals surface area (Å²) in [6.45, 7) is 0. The maximum Gasteiger partial charge on any atom is 0.421 e. The van der Waals surface area contributed by atoms with E-state index in [9.17, 15) is 49.5 Å². The van der Waals surface area contributed by atoms with Gasteiger partial charge in [0.2, 0.25) is 0 Å². The van der Waals surface area contributed by atoms with E-state index in [0.29, 0.717) is 12.1 Å². The Morgan fingerprint density at radius 1 is 0.920 bits per heavy atom. The molecule has 0 aliphatic heterocycles. The first-order chi connectivity index (χ1) is 11.1. The molecule has 0 bridgehead atoms. The Labute approximate surface area is 132 Å². The van der Waals surface area contributed by atoms with Crippen molar-refractivity contribution in [3.8, 4) is 0 Å². The largest absolute Gasteiger partial charge is 0.733 e. The highest BCUT2D eigenvalue weighted by atomic mass is 19.4. The number of hydrogen-bond donors (Lipinski definition) is 2. The molecule has 1 aromatic carbocycles. The quantitative estimate of drug-likeness (QED) is 0.610. The lowest BCUT2D eigenvalue weighted by Gasteiger charge is -2.37. The summed E-state index contributed by atoms with van der Waals surface area (Å²) in [6.07, 6.45) is -21.3. The summed E-state index contributed by atoms with van der Waals surface area (Å²) < 4.78 is 115. The zero-order chi connectivity index (χ0) is 19.8. The van der Waals surface area contributed by atoms with Crippen molar-refractivity contribution in [2.45, 2.75) is 18.5 Å². The second-order valence-corrected chi connectivity index (χ2v) is 4.49. The minimum absolute atomic E-state index is 0.516. The van der Waals surface area contributed by atoms with Gasteiger partial charge >= 0.3 is 23.9 Å². The van der Waals surface area contributed by atoms with E-state index in [4.69, 9.17) is 5.21 Å². The number of alkyl halides is 9. The van der Waals surface area contributed by atoms with Crippen molar-refractivity contribution in [3.05, 3.63) is 29.5 Å². The van der Waals surface area contributed by atoms with Gasteiger partial charge in [0.1, 0.15) is 0 Å². The Morgan fingerprint density at radius 2 is 1.32 bits per heavy atom. The van der Waals surface area contributed by atoms with Crippen LogP contribution in [0, 0.1) is 10.6 Å². The third-order valence-electron chi connectivity index (χ3n) is 2.97. The first-order valence-corrected chi connectivity index (χ1v) is 5.84. The molecule has 0 aliphatic rings. The number of carbonyl (C=O) groups is 1. The number of benzene rings is 1. The standard InChI is InChI=1S/C11H6F9N2O3/c12-9(13,14)8(10(15,16)17,11(18,19)20)7(23)21-5-3-1-2-4-6(5)22(24)25/h1-4,24H,(H,21,23)/q-1. The summed E-state index contributed by atoms with van der Waals surface area (Å²) in [5, 5.41) is 19.1. The second kappa shape index (κ2) is 6.25. The van der Waals surface area contributed by atoms with Crippen molar-refractivity contribution in [1.82, 2.24) is 0 Å². The van der Waals surface area contributed by atoms with Gasteiger partial charge in [-0.15, -0.1) is 0 Å². The molecule has 1 aromatic rings. The number of carbonyl (C=O) groups excluding carboxylic acids is 1. The molecule has 0 unspecified atom stereocenters. The lowest BCUT2D eigenvalue weighted by atomic mass is 9.84. The highest BCUT2D eigenvalue weighted by Gasteiger charge is 2.88. The van der Waals surface area contributed by atoms with Crippen molar-refractivity contribution in [1.29, 1.82) is 0 Å². The monoisotopic (exact) mass is 385 g/mol. The van der Waals surface area contributed by atoms with Crippen LogP contribution in [0.3, 0.4) is 0 Å². The van der Waals surface area contributed by atoms with Crippen LogP contribution in [0.15, 0.2) is 24.3 Å². The Bertz CT molecular complexity index is 601. The van der Waals surface area contributed by atoms with Crippen LogP contribution in [0.1, 0.15) is 0 Å². The maximum atomic E-state index is 12.8. The predicted octanol–water partition coefficient (Wildman–Crippen LogP) is 3.99. The number of rotatable bonds is 3. The van der Waals surface area contributed by atoms with Gasteiger partial charge in [-0.3, -0.25) is 10.0 Å². The number of hydrogen-bond acceptors (Lipinski definition) is 4. The average Bonchev–Trinajstić information content (AvgIpc) is 2.33. The molecular formula is C11H6F9N2O3-. The number of nitrogens with one attached hydrogen (secondary N) is 1. The van der Waals surface area contributed by atoms with Gasteiger partial charge in [-0.25, -0.2) is 0 Å². The Balaban J connectivity index is 3.57. The van der Waals surface area contributed by atoms with Gasteiger partial charge in [-0.05, 0) is 12.1 Å². The van der Waals surface area contributed by atoms with Crippen LogP contribution >= 0.6 is 0 Å². The van der Waals surface area contributed by atoms with E-state index in [1.807, 2.05) is 0 Å². The number of anilines is 2. The van der Waals surface area contributed by atoms with Crippen LogP contribution in [-0.2, 0) is 4.79 Å². The Hall–Kier alpha value is -2.22. The summed E-state index contributed by atoms with van der Waals surface area (Å²) in [5.74, 6) is -3.53. The lowest BCUT2D eigenvalue weighted by molar-refractivity contribution is -0.405. The predicted molar refractivity (Wildman–Crippen MR) is 63.3 cm³/mol. The van der Waals surface area contributed by atoms with E-state index < -0.39 is 46.5 Å². The second-order valence-electron chi connectivity index (χ2n) is 4.49. The molecule has 25 heavy (non-hydrogen) atoms. The third-order valence-corrected chi connectivity index (χ3v) is 2.97. The molecule has 0 heterocycles. The minimum Gasteiger partial charge on any atom is -0.733 e. The molecule has 0 spiro atoms. The molecule has 0 aromatic heterocycles. The van der Waals surface area contributed by atoms with Gasteiger partial charge in [0, 0.05) is 0 Å². The van der Waals surface area contributed by atoms with E-state index in [1.165, 1.54) is 0 Å². The molecule has 5 nitrogen and oxygen atoms in total.